The minimum atomic E-state index is -2.80. The molecule has 12 nitrogen and oxygen atoms in total. The first-order valence-electron chi connectivity index (χ1n) is 11.7. The second-order valence-electron chi connectivity index (χ2n) is 10.1. The average Bonchev–Trinajstić information content (AvgIpc) is 2.82. The number of rotatable bonds is 5. The van der Waals surface area contributed by atoms with Crippen molar-refractivity contribution in [2.24, 2.45) is 11.8 Å². The molecule has 0 saturated carbocycles. The Hall–Kier alpha value is -3.42. The van der Waals surface area contributed by atoms with Crippen LogP contribution in [-0.2, 0) is 20.8 Å². The number of carboxylic acids is 1. The van der Waals surface area contributed by atoms with E-state index in [9.17, 15) is 44.7 Å². The summed E-state index contributed by atoms with van der Waals surface area (Å²) in [4.78, 5) is 54.1. The summed E-state index contributed by atoms with van der Waals surface area (Å²) in [5.41, 5.74) is -3.48. The molecule has 0 fully saturated rings. The Morgan fingerprint density at radius 3 is 2.32 bits per heavy atom. The number of carboxylic acid groups (broad SMARTS) is 1. The number of hydrogen-bond donors (Lipinski definition) is 6. The van der Waals surface area contributed by atoms with Crippen LogP contribution in [0.5, 0.6) is 5.75 Å². The minimum absolute atomic E-state index is 0.0429. The smallest absolute Gasteiger partial charge is 0.342 e. The number of nitrogens with one attached hydrogen (secondary N) is 1. The van der Waals surface area contributed by atoms with Crippen molar-refractivity contribution in [3.05, 3.63) is 39.9 Å². The van der Waals surface area contributed by atoms with Crippen LogP contribution in [0, 0.1) is 11.8 Å². The van der Waals surface area contributed by atoms with E-state index in [-0.39, 0.29) is 35.0 Å². The largest absolute Gasteiger partial charge is 0.510 e. The topological polar surface area (TPSA) is 188 Å². The summed E-state index contributed by atoms with van der Waals surface area (Å²) in [6.45, 7) is 0. The monoisotopic (exact) mass is 593 g/mol. The third-order valence-electron chi connectivity index (χ3n) is 7.54. The van der Waals surface area contributed by atoms with Crippen LogP contribution in [0.15, 0.2) is 28.7 Å². The van der Waals surface area contributed by atoms with Gasteiger partial charge in [0.2, 0.25) is 11.7 Å². The quantitative estimate of drug-likeness (QED) is 0.163. The maximum absolute atomic E-state index is 13.9. The van der Waals surface area contributed by atoms with E-state index < -0.39 is 69.8 Å². The van der Waals surface area contributed by atoms with Gasteiger partial charge in [0, 0.05) is 31.3 Å². The number of allylic oxidation sites excluding steroid dienone is 1. The molecule has 0 spiro atoms. The Balaban J connectivity index is 1.97. The average molecular weight is 594 g/mol. The van der Waals surface area contributed by atoms with Gasteiger partial charge in [-0.15, -0.1) is 0 Å². The predicted octanol–water partition coefficient (Wildman–Crippen LogP) is 1.12. The third-order valence-corrected chi connectivity index (χ3v) is 8.05. The van der Waals surface area contributed by atoms with Crippen LogP contribution in [0.1, 0.15) is 22.3 Å². The number of aromatic hydroxyl groups is 1. The highest BCUT2D eigenvalue weighted by atomic mass is 79.9. The van der Waals surface area contributed by atoms with Crippen molar-refractivity contribution in [1.82, 2.24) is 4.90 Å². The molecule has 0 heterocycles. The number of carbonyl (C=O) groups excluding carboxylic acids is 3. The van der Waals surface area contributed by atoms with Crippen molar-refractivity contribution in [3.63, 3.8) is 0 Å². The van der Waals surface area contributed by atoms with E-state index >= 15 is 0 Å². The Labute approximate surface area is 226 Å². The fourth-order valence-corrected chi connectivity index (χ4v) is 6.09. The van der Waals surface area contributed by atoms with E-state index in [1.54, 1.807) is 19.0 Å². The number of aliphatic hydroxyl groups excluding tert-OH is 2. The lowest BCUT2D eigenvalue weighted by Gasteiger charge is -2.50. The molecule has 38 heavy (non-hydrogen) atoms. The molecule has 4 atom stereocenters. The van der Waals surface area contributed by atoms with E-state index in [0.717, 1.165) is 0 Å². The summed E-state index contributed by atoms with van der Waals surface area (Å²) in [6.07, 6.45) is 0.0632. The second-order valence-corrected chi connectivity index (χ2v) is 10.7. The standard InChI is InChI=1S/C25H28BrN3O9/c1-28(2)13-7-12(27-14(30)8-26)19(31)16-10(13)5-9-6-11-18(29(3)4)21(33)17(24(36)37)23(35)25(11,38)22(34)15(9)20(16)32/h7,9,11,18,31,33-34,38H,5-6,8H2,1-4H3,(H,27,30)(H,36,37). The molecular formula is C25H28BrN3O9. The molecule has 0 radical (unpaired) electrons. The summed E-state index contributed by atoms with van der Waals surface area (Å²) in [7, 11) is 6.49. The molecule has 4 unspecified atom stereocenters. The summed E-state index contributed by atoms with van der Waals surface area (Å²) < 4.78 is 0. The number of fused-ring (bicyclic) bond motifs is 3. The molecule has 3 aliphatic rings. The lowest BCUT2D eigenvalue weighted by Crippen LogP contribution is -2.63. The number of amides is 1. The molecule has 3 aliphatic carbocycles. The van der Waals surface area contributed by atoms with Crippen LogP contribution in [-0.4, -0.2) is 99.0 Å². The molecule has 1 aromatic rings. The van der Waals surface area contributed by atoms with E-state index in [1.807, 2.05) is 0 Å². The number of aliphatic hydroxyl groups is 3. The van der Waals surface area contributed by atoms with Crippen LogP contribution in [0.2, 0.25) is 0 Å². The Kier molecular flexibility index (Phi) is 6.83. The molecule has 0 aromatic heterocycles. The molecule has 204 valence electrons. The number of alkyl halides is 1. The van der Waals surface area contributed by atoms with Crippen molar-refractivity contribution in [2.75, 3.05) is 43.7 Å². The van der Waals surface area contributed by atoms with Gasteiger partial charge in [0.1, 0.15) is 17.1 Å². The fraction of sp³-hybridized carbons (Fsp3) is 0.440. The van der Waals surface area contributed by atoms with Gasteiger partial charge in [-0.05, 0) is 44.5 Å². The first-order chi connectivity index (χ1) is 17.7. The first-order valence-corrected chi connectivity index (χ1v) is 12.8. The van der Waals surface area contributed by atoms with Gasteiger partial charge in [0.05, 0.1) is 22.6 Å². The van der Waals surface area contributed by atoms with Gasteiger partial charge >= 0.3 is 5.97 Å². The van der Waals surface area contributed by atoms with Crippen LogP contribution in [0.3, 0.4) is 0 Å². The summed E-state index contributed by atoms with van der Waals surface area (Å²) in [6, 6.07) is 0.378. The van der Waals surface area contributed by atoms with E-state index in [0.29, 0.717) is 11.3 Å². The lowest BCUT2D eigenvalue weighted by atomic mass is 9.58. The van der Waals surface area contributed by atoms with Crippen molar-refractivity contribution in [3.8, 4) is 5.75 Å². The number of Topliss-reactive ketones (excluding diaryl/α,β-unsaturated/α-hetero) is 2. The van der Waals surface area contributed by atoms with Gasteiger partial charge in [-0.2, -0.15) is 0 Å². The van der Waals surface area contributed by atoms with Gasteiger partial charge in [-0.1, -0.05) is 15.9 Å². The fourth-order valence-electron chi connectivity index (χ4n) is 5.95. The zero-order valence-corrected chi connectivity index (χ0v) is 22.7. The molecule has 0 aliphatic heterocycles. The zero-order chi connectivity index (χ0) is 28.4. The summed E-state index contributed by atoms with van der Waals surface area (Å²) in [5, 5.41) is 56.8. The van der Waals surface area contributed by atoms with Crippen molar-refractivity contribution < 1.29 is 44.7 Å². The summed E-state index contributed by atoms with van der Waals surface area (Å²) in [5.74, 6) is -8.74. The number of phenols is 1. The van der Waals surface area contributed by atoms with E-state index in [1.165, 1.54) is 25.1 Å². The number of halogens is 1. The number of aliphatic carboxylic acids is 1. The molecule has 1 amide bonds. The van der Waals surface area contributed by atoms with Gasteiger partial charge in [-0.25, -0.2) is 4.79 Å². The molecule has 1 aromatic carbocycles. The number of likely N-dealkylation sites (N-methyl/N-ethyl adjacent to an activating group) is 1. The minimum Gasteiger partial charge on any atom is -0.510 e. The highest BCUT2D eigenvalue weighted by Gasteiger charge is 2.63. The highest BCUT2D eigenvalue weighted by Crippen LogP contribution is 2.53. The second kappa shape index (κ2) is 9.40. The summed E-state index contributed by atoms with van der Waals surface area (Å²) >= 11 is 3.02. The zero-order valence-electron chi connectivity index (χ0n) is 21.1. The van der Waals surface area contributed by atoms with Gasteiger partial charge in [-0.3, -0.25) is 19.3 Å². The van der Waals surface area contributed by atoms with Crippen LogP contribution in [0.25, 0.3) is 0 Å². The van der Waals surface area contributed by atoms with Crippen molar-refractivity contribution in [1.29, 1.82) is 0 Å². The lowest BCUT2D eigenvalue weighted by molar-refractivity contribution is -0.151. The van der Waals surface area contributed by atoms with E-state index in [4.69, 9.17) is 0 Å². The van der Waals surface area contributed by atoms with Crippen LogP contribution in [0.4, 0.5) is 11.4 Å². The SMILES string of the molecule is CN(C)c1cc(NC(=O)CBr)c(O)c2c1CC1CC3C(N(C)C)C(O)=C(C(=O)O)C(=O)C3(O)C(O)=C1C2=O. The van der Waals surface area contributed by atoms with Crippen LogP contribution < -0.4 is 10.2 Å². The van der Waals surface area contributed by atoms with Gasteiger partial charge in [0.15, 0.2) is 17.1 Å². The van der Waals surface area contributed by atoms with Crippen molar-refractivity contribution in [2.45, 2.75) is 24.5 Å². The number of benzene rings is 1. The van der Waals surface area contributed by atoms with Crippen molar-refractivity contribution >= 4 is 50.7 Å². The number of phenolic OH excluding ortho intramolecular Hbond substituents is 1. The Morgan fingerprint density at radius 1 is 1.16 bits per heavy atom. The normalized spacial score (nSPS) is 26.7. The number of nitrogens with zero attached hydrogens (tertiary/aromatic N) is 2. The molecular weight excluding hydrogens is 566 g/mol. The number of carbonyl (C=O) groups is 4. The molecule has 13 heteroatoms. The van der Waals surface area contributed by atoms with Crippen LogP contribution >= 0.6 is 15.9 Å². The molecule has 0 saturated heterocycles. The third kappa shape index (κ3) is 3.79. The van der Waals surface area contributed by atoms with E-state index in [2.05, 4.69) is 21.2 Å². The Morgan fingerprint density at radius 2 is 1.79 bits per heavy atom. The maximum Gasteiger partial charge on any atom is 0.342 e. The Bertz CT molecular complexity index is 1350. The predicted molar refractivity (Wildman–Crippen MR) is 139 cm³/mol. The van der Waals surface area contributed by atoms with Gasteiger partial charge < -0.3 is 35.7 Å². The molecule has 6 N–H and O–H groups in total. The highest BCUT2D eigenvalue weighted by molar-refractivity contribution is 9.09. The molecule has 0 bridgehead atoms. The maximum atomic E-state index is 13.9. The van der Waals surface area contributed by atoms with Gasteiger partial charge in [0.25, 0.3) is 0 Å². The number of anilines is 2. The first kappa shape index (κ1) is 27.6. The number of ketones is 2. The number of hydrogen-bond acceptors (Lipinski definition) is 10. The molecule has 4 rings (SSSR count).